The Labute approximate surface area is 64.9 Å². The van der Waals surface area contributed by atoms with E-state index in [1.807, 2.05) is 0 Å². The van der Waals surface area contributed by atoms with E-state index in [0.29, 0.717) is 11.6 Å². The lowest BCUT2D eigenvalue weighted by Gasteiger charge is -1.93. The van der Waals surface area contributed by atoms with E-state index in [0.717, 1.165) is 5.56 Å². The van der Waals surface area contributed by atoms with Gasteiger partial charge in [-0.15, -0.1) is 0 Å². The Kier molecular flexibility index (Phi) is 2.06. The summed E-state index contributed by atoms with van der Waals surface area (Å²) in [4.78, 5) is 0. The molecule has 0 fully saturated rings. The second-order valence-electron chi connectivity index (χ2n) is 2.04. The van der Waals surface area contributed by atoms with Crippen LogP contribution in [0, 0.1) is 0 Å². The average Bonchev–Trinajstić information content (AvgIpc) is 2.34. The van der Waals surface area contributed by atoms with Crippen molar-refractivity contribution >= 4 is 17.6 Å². The molecule has 5 N–H and O–H groups in total. The minimum atomic E-state index is 0.568. The van der Waals surface area contributed by atoms with Crippen LogP contribution in [0.5, 0.6) is 0 Å². The van der Waals surface area contributed by atoms with Crippen molar-refractivity contribution in [2.24, 2.45) is 5.73 Å². The predicted octanol–water partition coefficient (Wildman–Crippen LogP) is 0.833. The van der Waals surface area contributed by atoms with E-state index in [2.05, 4.69) is 5.32 Å². The highest BCUT2D eigenvalue weighted by molar-refractivity contribution is 5.73. The Morgan fingerprint density at radius 2 is 2.36 bits per heavy atom. The molecule has 0 aliphatic carbocycles. The van der Waals surface area contributed by atoms with Crippen molar-refractivity contribution in [3.8, 4) is 0 Å². The molecule has 0 radical (unpaired) electrons. The first kappa shape index (κ1) is 7.53. The summed E-state index contributed by atoms with van der Waals surface area (Å²) in [6.45, 7) is 0. The van der Waals surface area contributed by atoms with Crippen LogP contribution < -0.4 is 16.8 Å². The summed E-state index contributed by atoms with van der Waals surface area (Å²) in [6, 6.07) is 0. The number of nitrogens with two attached hydrogens (primary N) is 2. The maximum atomic E-state index is 5.64. The first-order chi connectivity index (χ1) is 5.29. The summed E-state index contributed by atoms with van der Waals surface area (Å²) in [6.07, 6.45) is 4.64. The molecule has 0 aliphatic heterocycles. The van der Waals surface area contributed by atoms with E-state index in [4.69, 9.17) is 15.9 Å². The first-order valence-corrected chi connectivity index (χ1v) is 3.22. The van der Waals surface area contributed by atoms with E-state index < -0.39 is 0 Å². The third-order valence-electron chi connectivity index (χ3n) is 1.36. The summed E-state index contributed by atoms with van der Waals surface area (Å²) in [5.41, 5.74) is 12.2. The molecule has 0 aromatic carbocycles. The number of anilines is 2. The zero-order valence-electron chi connectivity index (χ0n) is 6.29. The molecule has 4 heteroatoms. The van der Waals surface area contributed by atoms with Gasteiger partial charge in [-0.05, 0) is 12.3 Å². The zero-order valence-corrected chi connectivity index (χ0v) is 6.29. The quantitative estimate of drug-likeness (QED) is 0.588. The van der Waals surface area contributed by atoms with Crippen molar-refractivity contribution in [2.75, 3.05) is 18.1 Å². The molecule has 0 atom stereocenters. The normalized spacial score (nSPS) is 10.6. The van der Waals surface area contributed by atoms with Gasteiger partial charge in [-0.3, -0.25) is 0 Å². The van der Waals surface area contributed by atoms with Gasteiger partial charge in [0.15, 0.2) is 0 Å². The molecule has 1 heterocycles. The van der Waals surface area contributed by atoms with Gasteiger partial charge >= 0.3 is 0 Å². The number of rotatable bonds is 2. The molecular weight excluding hydrogens is 142 g/mol. The van der Waals surface area contributed by atoms with Gasteiger partial charge in [0, 0.05) is 12.6 Å². The molecule has 1 aromatic rings. The molecule has 60 valence electrons. The zero-order chi connectivity index (χ0) is 8.27. The molecule has 1 aromatic heterocycles. The lowest BCUT2D eigenvalue weighted by atomic mass is 10.3. The number of hydrogen-bond donors (Lipinski definition) is 3. The molecule has 0 saturated carbocycles. The average molecular weight is 153 g/mol. The first-order valence-electron chi connectivity index (χ1n) is 3.22. The van der Waals surface area contributed by atoms with Crippen molar-refractivity contribution in [3.05, 3.63) is 18.0 Å². The standard InChI is InChI=1S/C7H11N3O/c1-10-7-6(9)5(2-3-8)4-11-7/h2-4,10H,8-9H2,1H3/b3-2-. The molecule has 0 bridgehead atoms. The van der Waals surface area contributed by atoms with Gasteiger partial charge in [0.05, 0.1) is 0 Å². The van der Waals surface area contributed by atoms with Crippen LogP contribution in [0.1, 0.15) is 5.56 Å². The van der Waals surface area contributed by atoms with E-state index in [1.54, 1.807) is 19.4 Å². The highest BCUT2D eigenvalue weighted by Crippen LogP contribution is 2.25. The fourth-order valence-electron chi connectivity index (χ4n) is 0.807. The minimum absolute atomic E-state index is 0.568. The van der Waals surface area contributed by atoms with Gasteiger partial charge < -0.3 is 21.2 Å². The van der Waals surface area contributed by atoms with Crippen molar-refractivity contribution in [1.82, 2.24) is 0 Å². The Bertz CT molecular complexity index is 265. The van der Waals surface area contributed by atoms with Gasteiger partial charge in [-0.25, -0.2) is 0 Å². The summed E-state index contributed by atoms with van der Waals surface area (Å²) < 4.78 is 5.05. The molecule has 0 amide bonds. The Balaban J connectivity index is 3.00. The van der Waals surface area contributed by atoms with E-state index >= 15 is 0 Å². The summed E-state index contributed by atoms with van der Waals surface area (Å²) in [5.74, 6) is 0.568. The molecule has 0 saturated heterocycles. The molecule has 0 aliphatic rings. The predicted molar refractivity (Wildman–Crippen MR) is 45.9 cm³/mol. The lowest BCUT2D eigenvalue weighted by molar-refractivity contribution is 0.583. The van der Waals surface area contributed by atoms with E-state index in [1.165, 1.54) is 6.20 Å². The Morgan fingerprint density at radius 3 is 2.82 bits per heavy atom. The van der Waals surface area contributed by atoms with Gasteiger partial charge in [0.1, 0.15) is 12.0 Å². The number of furan rings is 1. The van der Waals surface area contributed by atoms with Crippen molar-refractivity contribution in [1.29, 1.82) is 0 Å². The van der Waals surface area contributed by atoms with Gasteiger partial charge in [-0.2, -0.15) is 0 Å². The SMILES string of the molecule is CNc1occ(/C=C\N)c1N. The van der Waals surface area contributed by atoms with Crippen LogP contribution in [0.25, 0.3) is 6.08 Å². The number of nitrogen functional groups attached to an aromatic ring is 1. The highest BCUT2D eigenvalue weighted by Gasteiger charge is 2.04. The third-order valence-corrected chi connectivity index (χ3v) is 1.36. The topological polar surface area (TPSA) is 77.2 Å². The van der Waals surface area contributed by atoms with Crippen LogP contribution in [0.4, 0.5) is 11.6 Å². The maximum Gasteiger partial charge on any atom is 0.216 e. The molecular formula is C7H11N3O. The largest absolute Gasteiger partial charge is 0.446 e. The Hall–Kier alpha value is -1.58. The van der Waals surface area contributed by atoms with Crippen LogP contribution in [-0.2, 0) is 0 Å². The van der Waals surface area contributed by atoms with Crippen molar-refractivity contribution < 1.29 is 4.42 Å². The van der Waals surface area contributed by atoms with E-state index in [9.17, 15) is 0 Å². The van der Waals surface area contributed by atoms with Gasteiger partial charge in [-0.1, -0.05) is 0 Å². The molecule has 11 heavy (non-hydrogen) atoms. The minimum Gasteiger partial charge on any atom is -0.446 e. The monoisotopic (exact) mass is 153 g/mol. The third kappa shape index (κ3) is 1.29. The number of nitrogens with one attached hydrogen (secondary N) is 1. The second kappa shape index (κ2) is 3.01. The fraction of sp³-hybridized carbons (Fsp3) is 0.143. The number of hydrogen-bond acceptors (Lipinski definition) is 4. The highest BCUT2D eigenvalue weighted by atomic mass is 16.3. The smallest absolute Gasteiger partial charge is 0.216 e. The summed E-state index contributed by atoms with van der Waals surface area (Å²) in [7, 11) is 1.74. The Morgan fingerprint density at radius 1 is 1.64 bits per heavy atom. The van der Waals surface area contributed by atoms with Crippen molar-refractivity contribution in [3.63, 3.8) is 0 Å². The van der Waals surface area contributed by atoms with Crippen LogP contribution in [-0.4, -0.2) is 7.05 Å². The van der Waals surface area contributed by atoms with Crippen LogP contribution in [0.15, 0.2) is 16.9 Å². The van der Waals surface area contributed by atoms with Gasteiger partial charge in [0.25, 0.3) is 0 Å². The summed E-state index contributed by atoms with van der Waals surface area (Å²) in [5, 5.41) is 2.81. The fourth-order valence-corrected chi connectivity index (χ4v) is 0.807. The molecule has 0 unspecified atom stereocenters. The lowest BCUT2D eigenvalue weighted by Crippen LogP contribution is -1.92. The van der Waals surface area contributed by atoms with Gasteiger partial charge in [0.2, 0.25) is 5.88 Å². The van der Waals surface area contributed by atoms with Crippen LogP contribution in [0.2, 0.25) is 0 Å². The van der Waals surface area contributed by atoms with Crippen molar-refractivity contribution in [2.45, 2.75) is 0 Å². The van der Waals surface area contributed by atoms with Crippen LogP contribution in [0.3, 0.4) is 0 Å². The maximum absolute atomic E-state index is 5.64. The second-order valence-corrected chi connectivity index (χ2v) is 2.04. The molecule has 4 nitrogen and oxygen atoms in total. The molecule has 0 spiro atoms. The molecule has 1 rings (SSSR count). The van der Waals surface area contributed by atoms with E-state index in [-0.39, 0.29) is 0 Å². The van der Waals surface area contributed by atoms with Crippen LogP contribution >= 0.6 is 0 Å². The summed E-state index contributed by atoms with van der Waals surface area (Å²) >= 11 is 0.